The molecule has 4 rings (SSSR count). The molecule has 8 heteroatoms. The van der Waals surface area contributed by atoms with E-state index in [0.717, 1.165) is 0 Å². The SMILES string of the molecule is O=C(O)[C@H](CC1Oc2ccccc2O1)[C@@H](CC1Oc2ccccc2O1)C(=O)O. The van der Waals surface area contributed by atoms with Gasteiger partial charge in [-0.05, 0) is 24.3 Å². The van der Waals surface area contributed by atoms with Crippen LogP contribution in [0.15, 0.2) is 48.5 Å². The average Bonchev–Trinajstić information content (AvgIpc) is 3.26. The minimum absolute atomic E-state index is 0.124. The standard InChI is InChI=1S/C20H18O8/c21-19(22)11(9-17-25-13-5-1-2-6-14(13)26-17)12(20(23)24)10-18-27-15-7-3-4-8-16(15)28-18/h1-8,11-12,17-18H,9-10H2,(H,21,22)(H,23,24)/t11-,12-/m1/s1. The Bertz CT molecular complexity index is 772. The number of para-hydroxylation sites is 4. The zero-order chi connectivity index (χ0) is 19.7. The maximum atomic E-state index is 11.8. The highest BCUT2D eigenvalue weighted by Gasteiger charge is 2.41. The quantitative estimate of drug-likeness (QED) is 0.747. The van der Waals surface area contributed by atoms with Crippen LogP contribution in [0.1, 0.15) is 12.8 Å². The Morgan fingerprint density at radius 1 is 0.679 bits per heavy atom. The second-order valence-electron chi connectivity index (χ2n) is 6.58. The molecule has 0 spiro atoms. The summed E-state index contributed by atoms with van der Waals surface area (Å²) in [6.45, 7) is 0. The molecule has 0 radical (unpaired) electrons. The van der Waals surface area contributed by atoms with Gasteiger partial charge in [0.25, 0.3) is 0 Å². The molecule has 2 aromatic rings. The second-order valence-corrected chi connectivity index (χ2v) is 6.58. The van der Waals surface area contributed by atoms with Gasteiger partial charge in [0.2, 0.25) is 12.6 Å². The van der Waals surface area contributed by atoms with Crippen LogP contribution in [0.3, 0.4) is 0 Å². The normalized spacial score (nSPS) is 17.3. The average molecular weight is 386 g/mol. The molecule has 0 amide bonds. The van der Waals surface area contributed by atoms with Gasteiger partial charge in [0, 0.05) is 12.8 Å². The summed E-state index contributed by atoms with van der Waals surface area (Å²) >= 11 is 0. The summed E-state index contributed by atoms with van der Waals surface area (Å²) in [4.78, 5) is 23.7. The van der Waals surface area contributed by atoms with Crippen LogP contribution in [0, 0.1) is 11.8 Å². The number of benzene rings is 2. The summed E-state index contributed by atoms with van der Waals surface area (Å²) in [5.74, 6) is -2.97. The Labute approximate surface area is 160 Å². The van der Waals surface area contributed by atoms with E-state index in [4.69, 9.17) is 18.9 Å². The lowest BCUT2D eigenvalue weighted by molar-refractivity contribution is -0.158. The summed E-state index contributed by atoms with van der Waals surface area (Å²) in [7, 11) is 0. The van der Waals surface area contributed by atoms with Gasteiger partial charge in [0.15, 0.2) is 23.0 Å². The van der Waals surface area contributed by atoms with Crippen molar-refractivity contribution in [1.29, 1.82) is 0 Å². The van der Waals surface area contributed by atoms with Crippen molar-refractivity contribution in [3.05, 3.63) is 48.5 Å². The molecule has 2 N–H and O–H groups in total. The van der Waals surface area contributed by atoms with Crippen molar-refractivity contribution < 1.29 is 38.7 Å². The number of fused-ring (bicyclic) bond motifs is 2. The fourth-order valence-corrected chi connectivity index (χ4v) is 3.39. The Morgan fingerprint density at radius 3 is 1.21 bits per heavy atom. The van der Waals surface area contributed by atoms with Crippen molar-refractivity contribution in [2.24, 2.45) is 11.8 Å². The van der Waals surface area contributed by atoms with Gasteiger partial charge in [-0.1, -0.05) is 24.3 Å². The highest BCUT2D eigenvalue weighted by atomic mass is 16.7. The molecule has 0 aromatic heterocycles. The zero-order valence-corrected chi connectivity index (χ0v) is 14.7. The van der Waals surface area contributed by atoms with E-state index in [9.17, 15) is 19.8 Å². The lowest BCUT2D eigenvalue weighted by Gasteiger charge is -2.24. The van der Waals surface area contributed by atoms with Crippen LogP contribution in [0.25, 0.3) is 0 Å². The predicted octanol–water partition coefficient (Wildman–Crippen LogP) is 2.76. The molecule has 2 aliphatic heterocycles. The Hall–Kier alpha value is -3.42. The van der Waals surface area contributed by atoms with Gasteiger partial charge in [-0.25, -0.2) is 0 Å². The smallest absolute Gasteiger partial charge is 0.307 e. The molecule has 2 aromatic carbocycles. The predicted molar refractivity (Wildman–Crippen MR) is 94.5 cm³/mol. The summed E-state index contributed by atoms with van der Waals surface area (Å²) in [6, 6.07) is 13.9. The molecule has 0 saturated carbocycles. The minimum Gasteiger partial charge on any atom is -0.481 e. The van der Waals surface area contributed by atoms with E-state index in [1.165, 1.54) is 0 Å². The van der Waals surface area contributed by atoms with Gasteiger partial charge in [-0.15, -0.1) is 0 Å². The lowest BCUT2D eigenvalue weighted by atomic mass is 9.86. The number of ether oxygens (including phenoxy) is 4. The van der Waals surface area contributed by atoms with Crippen LogP contribution < -0.4 is 18.9 Å². The summed E-state index contributed by atoms with van der Waals surface area (Å²) in [6.07, 6.45) is -1.99. The van der Waals surface area contributed by atoms with Gasteiger partial charge in [0.05, 0.1) is 11.8 Å². The van der Waals surface area contributed by atoms with Gasteiger partial charge in [0.1, 0.15) is 0 Å². The first-order valence-electron chi connectivity index (χ1n) is 8.81. The minimum atomic E-state index is -1.24. The molecule has 2 heterocycles. The molecule has 0 aliphatic carbocycles. The number of aliphatic carboxylic acids is 2. The van der Waals surface area contributed by atoms with Gasteiger partial charge >= 0.3 is 11.9 Å². The maximum Gasteiger partial charge on any atom is 0.307 e. The number of carboxylic acids is 2. The Morgan fingerprint density at radius 2 is 0.964 bits per heavy atom. The van der Waals surface area contributed by atoms with Crippen LogP contribution >= 0.6 is 0 Å². The molecule has 28 heavy (non-hydrogen) atoms. The van der Waals surface area contributed by atoms with Crippen molar-refractivity contribution in [3.63, 3.8) is 0 Å². The first-order chi connectivity index (χ1) is 13.5. The highest BCUT2D eigenvalue weighted by Crippen LogP contribution is 2.39. The fourth-order valence-electron chi connectivity index (χ4n) is 3.39. The van der Waals surface area contributed by atoms with Crippen molar-refractivity contribution in [1.82, 2.24) is 0 Å². The third kappa shape index (κ3) is 3.53. The van der Waals surface area contributed by atoms with E-state index in [-0.39, 0.29) is 12.8 Å². The fraction of sp³-hybridized carbons (Fsp3) is 0.300. The monoisotopic (exact) mass is 386 g/mol. The molecule has 8 nitrogen and oxygen atoms in total. The zero-order valence-electron chi connectivity index (χ0n) is 14.7. The third-order valence-electron chi connectivity index (χ3n) is 4.74. The lowest BCUT2D eigenvalue weighted by Crippen LogP contribution is -2.38. The molecule has 0 saturated heterocycles. The maximum absolute atomic E-state index is 11.8. The number of carbonyl (C=O) groups is 2. The summed E-state index contributed by atoms with van der Waals surface area (Å²) in [5.41, 5.74) is 0. The van der Waals surface area contributed by atoms with E-state index < -0.39 is 36.4 Å². The van der Waals surface area contributed by atoms with Crippen LogP contribution in [0.5, 0.6) is 23.0 Å². The molecule has 146 valence electrons. The number of carboxylic acid groups (broad SMARTS) is 2. The largest absolute Gasteiger partial charge is 0.481 e. The topological polar surface area (TPSA) is 112 Å². The third-order valence-corrected chi connectivity index (χ3v) is 4.74. The van der Waals surface area contributed by atoms with Gasteiger partial charge in [-0.2, -0.15) is 0 Å². The molecular weight excluding hydrogens is 368 g/mol. The first-order valence-corrected chi connectivity index (χ1v) is 8.81. The van der Waals surface area contributed by atoms with Crippen LogP contribution in [-0.2, 0) is 9.59 Å². The van der Waals surface area contributed by atoms with E-state index >= 15 is 0 Å². The summed E-state index contributed by atoms with van der Waals surface area (Å²) in [5, 5.41) is 19.3. The van der Waals surface area contributed by atoms with Crippen LogP contribution in [0.4, 0.5) is 0 Å². The Balaban J connectivity index is 1.46. The molecular formula is C20H18O8. The van der Waals surface area contributed by atoms with Crippen LogP contribution in [-0.4, -0.2) is 34.7 Å². The second kappa shape index (κ2) is 7.30. The number of hydrogen-bond donors (Lipinski definition) is 2. The molecule has 0 unspecified atom stereocenters. The molecule has 2 atom stereocenters. The van der Waals surface area contributed by atoms with Crippen molar-refractivity contribution in [3.8, 4) is 23.0 Å². The Kier molecular flexibility index (Phi) is 4.68. The number of hydrogen-bond acceptors (Lipinski definition) is 6. The van der Waals surface area contributed by atoms with E-state index in [1.807, 2.05) is 0 Å². The molecule has 0 bridgehead atoms. The van der Waals surface area contributed by atoms with Crippen molar-refractivity contribution in [2.75, 3.05) is 0 Å². The van der Waals surface area contributed by atoms with Gasteiger partial charge < -0.3 is 29.2 Å². The molecule has 0 fully saturated rings. The number of rotatable bonds is 7. The van der Waals surface area contributed by atoms with Crippen molar-refractivity contribution >= 4 is 11.9 Å². The van der Waals surface area contributed by atoms with E-state index in [0.29, 0.717) is 23.0 Å². The highest BCUT2D eigenvalue weighted by molar-refractivity contribution is 5.80. The van der Waals surface area contributed by atoms with Gasteiger partial charge in [-0.3, -0.25) is 9.59 Å². The van der Waals surface area contributed by atoms with Crippen molar-refractivity contribution in [2.45, 2.75) is 25.4 Å². The summed E-state index contributed by atoms with van der Waals surface area (Å²) < 4.78 is 22.4. The van der Waals surface area contributed by atoms with E-state index in [1.54, 1.807) is 48.5 Å². The molecule has 2 aliphatic rings. The van der Waals surface area contributed by atoms with E-state index in [2.05, 4.69) is 0 Å². The first kappa shape index (κ1) is 18.0. The van der Waals surface area contributed by atoms with Crippen LogP contribution in [0.2, 0.25) is 0 Å².